The number of hydrogen-bond donors (Lipinski definition) is 1. The first-order chi connectivity index (χ1) is 8.85. The van der Waals surface area contributed by atoms with E-state index in [1.54, 1.807) is 19.9 Å². The van der Waals surface area contributed by atoms with Crippen LogP contribution >= 0.6 is 0 Å². The minimum atomic E-state index is -0.871. The third-order valence-electron chi connectivity index (χ3n) is 4.00. The van der Waals surface area contributed by atoms with Gasteiger partial charge in [0.2, 0.25) is 0 Å². The molecule has 0 amide bonds. The monoisotopic (exact) mass is 269 g/mol. The predicted octanol–water partition coefficient (Wildman–Crippen LogP) is 2.82. The Hall–Kier alpha value is -1.49. The largest absolute Gasteiger partial charge is 0.481 e. The van der Waals surface area contributed by atoms with Crippen molar-refractivity contribution in [2.24, 2.45) is 5.41 Å². The van der Waals surface area contributed by atoms with Crippen LogP contribution in [0.5, 0.6) is 0 Å². The van der Waals surface area contributed by atoms with Gasteiger partial charge in [-0.15, -0.1) is 0 Å². The molecule has 0 radical (unpaired) electrons. The Morgan fingerprint density at radius 3 is 2.74 bits per heavy atom. The van der Waals surface area contributed by atoms with Crippen molar-refractivity contribution in [3.05, 3.63) is 35.4 Å². The van der Waals surface area contributed by atoms with Crippen LogP contribution in [0.25, 0.3) is 0 Å². The molecule has 1 fully saturated rings. The van der Waals surface area contributed by atoms with E-state index in [2.05, 4.69) is 0 Å². The summed E-state index contributed by atoms with van der Waals surface area (Å²) >= 11 is 0. The summed E-state index contributed by atoms with van der Waals surface area (Å²) in [5.41, 5.74) is -0.535. The molecule has 1 aromatic carbocycles. The van der Waals surface area contributed by atoms with Crippen LogP contribution in [0.2, 0.25) is 0 Å². The van der Waals surface area contributed by atoms with Gasteiger partial charge in [0.25, 0.3) is 0 Å². The first-order valence-corrected chi connectivity index (χ1v) is 6.26. The Labute approximate surface area is 110 Å². The Morgan fingerprint density at radius 2 is 2.16 bits per heavy atom. The lowest BCUT2D eigenvalue weighted by molar-refractivity contribution is -0.147. The van der Waals surface area contributed by atoms with Gasteiger partial charge in [-0.05, 0) is 32.9 Å². The fourth-order valence-electron chi connectivity index (χ4n) is 2.54. The SMILES string of the molecule is CC(c1cccc(F)c1F)N1CCC(C)(C(=O)O)C1. The van der Waals surface area contributed by atoms with Crippen LogP contribution in [-0.4, -0.2) is 29.1 Å². The second kappa shape index (κ2) is 4.89. The summed E-state index contributed by atoms with van der Waals surface area (Å²) in [6, 6.07) is 3.75. The highest BCUT2D eigenvalue weighted by atomic mass is 19.2. The Bertz CT molecular complexity index is 506. The zero-order valence-corrected chi connectivity index (χ0v) is 11.0. The van der Waals surface area contributed by atoms with Gasteiger partial charge in [-0.3, -0.25) is 9.69 Å². The Balaban J connectivity index is 2.20. The number of carbonyl (C=O) groups is 1. The summed E-state index contributed by atoms with van der Waals surface area (Å²) in [6.07, 6.45) is 0.517. The van der Waals surface area contributed by atoms with Crippen LogP contribution in [0, 0.1) is 17.0 Å². The third-order valence-corrected chi connectivity index (χ3v) is 4.00. The van der Waals surface area contributed by atoms with E-state index in [0.717, 1.165) is 6.07 Å². The van der Waals surface area contributed by atoms with Gasteiger partial charge in [0.05, 0.1) is 5.41 Å². The molecule has 104 valence electrons. The molecule has 1 aliphatic rings. The third kappa shape index (κ3) is 2.47. The van der Waals surface area contributed by atoms with Gasteiger partial charge >= 0.3 is 5.97 Å². The summed E-state index contributed by atoms with van der Waals surface area (Å²) < 4.78 is 27.0. The number of carboxylic acid groups (broad SMARTS) is 1. The van der Waals surface area contributed by atoms with Crippen molar-refractivity contribution in [1.82, 2.24) is 4.90 Å². The molecule has 0 spiro atoms. The van der Waals surface area contributed by atoms with E-state index < -0.39 is 23.0 Å². The highest BCUT2D eigenvalue weighted by Gasteiger charge is 2.42. The number of carboxylic acids is 1. The molecule has 0 aliphatic carbocycles. The topological polar surface area (TPSA) is 40.5 Å². The molecule has 1 heterocycles. The number of hydrogen-bond acceptors (Lipinski definition) is 2. The van der Waals surface area contributed by atoms with Crippen molar-refractivity contribution in [2.45, 2.75) is 26.3 Å². The first kappa shape index (κ1) is 13.9. The number of likely N-dealkylation sites (tertiary alicyclic amines) is 1. The fourth-order valence-corrected chi connectivity index (χ4v) is 2.54. The average Bonchev–Trinajstić information content (AvgIpc) is 2.76. The Morgan fingerprint density at radius 1 is 1.47 bits per heavy atom. The molecular formula is C14H17F2NO2. The molecule has 1 N–H and O–H groups in total. The number of benzene rings is 1. The Kier molecular flexibility index (Phi) is 3.58. The molecule has 19 heavy (non-hydrogen) atoms. The average molecular weight is 269 g/mol. The molecule has 5 heteroatoms. The van der Waals surface area contributed by atoms with Gasteiger partial charge in [-0.2, -0.15) is 0 Å². The lowest BCUT2D eigenvalue weighted by Crippen LogP contribution is -2.33. The first-order valence-electron chi connectivity index (χ1n) is 6.26. The predicted molar refractivity (Wildman–Crippen MR) is 66.7 cm³/mol. The molecule has 2 atom stereocenters. The highest BCUT2D eigenvalue weighted by molar-refractivity contribution is 5.74. The molecule has 0 saturated carbocycles. The molecule has 1 aromatic rings. The van der Waals surface area contributed by atoms with Crippen molar-refractivity contribution in [1.29, 1.82) is 0 Å². The normalized spacial score (nSPS) is 25.5. The maximum absolute atomic E-state index is 13.7. The van der Waals surface area contributed by atoms with Gasteiger partial charge in [0.1, 0.15) is 0 Å². The lowest BCUT2D eigenvalue weighted by atomic mass is 9.90. The van der Waals surface area contributed by atoms with Crippen LogP contribution in [-0.2, 0) is 4.79 Å². The van der Waals surface area contributed by atoms with Crippen LogP contribution < -0.4 is 0 Å². The van der Waals surface area contributed by atoms with Crippen molar-refractivity contribution in [3.63, 3.8) is 0 Å². The van der Waals surface area contributed by atoms with Crippen LogP contribution in [0.15, 0.2) is 18.2 Å². The summed E-state index contributed by atoms with van der Waals surface area (Å²) in [5.74, 6) is -2.56. The van der Waals surface area contributed by atoms with E-state index in [4.69, 9.17) is 0 Å². The summed E-state index contributed by atoms with van der Waals surface area (Å²) in [6.45, 7) is 4.37. The van der Waals surface area contributed by atoms with E-state index in [1.807, 2.05) is 4.90 Å². The van der Waals surface area contributed by atoms with Crippen LogP contribution in [0.3, 0.4) is 0 Å². The number of aliphatic carboxylic acids is 1. The number of rotatable bonds is 3. The minimum absolute atomic E-state index is 0.273. The van der Waals surface area contributed by atoms with E-state index in [0.29, 0.717) is 19.5 Å². The van der Waals surface area contributed by atoms with E-state index in [9.17, 15) is 18.7 Å². The van der Waals surface area contributed by atoms with Crippen molar-refractivity contribution < 1.29 is 18.7 Å². The quantitative estimate of drug-likeness (QED) is 0.917. The summed E-state index contributed by atoms with van der Waals surface area (Å²) in [4.78, 5) is 13.1. The van der Waals surface area contributed by atoms with Gasteiger partial charge in [0.15, 0.2) is 11.6 Å². The van der Waals surface area contributed by atoms with Crippen LogP contribution in [0.4, 0.5) is 8.78 Å². The lowest BCUT2D eigenvalue weighted by Gasteiger charge is -2.26. The highest BCUT2D eigenvalue weighted by Crippen LogP contribution is 2.36. The van der Waals surface area contributed by atoms with E-state index >= 15 is 0 Å². The van der Waals surface area contributed by atoms with Crippen LogP contribution in [0.1, 0.15) is 31.9 Å². The number of halogens is 2. The van der Waals surface area contributed by atoms with Crippen molar-refractivity contribution in [3.8, 4) is 0 Å². The van der Waals surface area contributed by atoms with Crippen molar-refractivity contribution in [2.75, 3.05) is 13.1 Å². The van der Waals surface area contributed by atoms with Gasteiger partial charge in [-0.25, -0.2) is 8.78 Å². The maximum Gasteiger partial charge on any atom is 0.310 e. The van der Waals surface area contributed by atoms with E-state index in [1.165, 1.54) is 6.07 Å². The van der Waals surface area contributed by atoms with Gasteiger partial charge < -0.3 is 5.11 Å². The molecule has 1 saturated heterocycles. The van der Waals surface area contributed by atoms with E-state index in [-0.39, 0.29) is 11.6 Å². The molecule has 0 bridgehead atoms. The molecule has 1 aliphatic heterocycles. The second-order valence-corrected chi connectivity index (χ2v) is 5.41. The zero-order chi connectivity index (χ0) is 14.2. The van der Waals surface area contributed by atoms with Gasteiger partial charge in [0, 0.05) is 18.2 Å². The summed E-state index contributed by atoms with van der Waals surface area (Å²) in [5, 5.41) is 9.18. The zero-order valence-electron chi connectivity index (χ0n) is 11.0. The standard InChI is InChI=1S/C14H17F2NO2/c1-9(10-4-3-5-11(15)12(10)16)17-7-6-14(2,8-17)13(18)19/h3-5,9H,6-8H2,1-2H3,(H,18,19). The summed E-state index contributed by atoms with van der Waals surface area (Å²) in [7, 11) is 0. The van der Waals surface area contributed by atoms with Gasteiger partial charge in [-0.1, -0.05) is 12.1 Å². The molecule has 0 aromatic heterocycles. The maximum atomic E-state index is 13.7. The smallest absolute Gasteiger partial charge is 0.310 e. The molecule has 3 nitrogen and oxygen atoms in total. The minimum Gasteiger partial charge on any atom is -0.481 e. The fraction of sp³-hybridized carbons (Fsp3) is 0.500. The number of nitrogens with zero attached hydrogens (tertiary/aromatic N) is 1. The molecule has 2 unspecified atom stereocenters. The molecular weight excluding hydrogens is 252 g/mol. The second-order valence-electron chi connectivity index (χ2n) is 5.41. The van der Waals surface area contributed by atoms with Crippen molar-refractivity contribution >= 4 is 5.97 Å². The molecule has 2 rings (SSSR count).